The van der Waals surface area contributed by atoms with Crippen molar-refractivity contribution in [3.05, 3.63) is 64.7 Å². The zero-order chi connectivity index (χ0) is 26.3. The maximum Gasteiger partial charge on any atom is 0.255 e. The highest BCUT2D eigenvalue weighted by atomic mass is 16.5. The molecule has 0 aromatic heterocycles. The van der Waals surface area contributed by atoms with Gasteiger partial charge in [-0.1, -0.05) is 30.3 Å². The molecule has 9 nitrogen and oxygen atoms in total. The second kappa shape index (κ2) is 9.74. The van der Waals surface area contributed by atoms with Crippen LogP contribution in [0.4, 0.5) is 0 Å². The van der Waals surface area contributed by atoms with E-state index in [0.29, 0.717) is 37.5 Å². The van der Waals surface area contributed by atoms with E-state index in [0.717, 1.165) is 16.7 Å². The van der Waals surface area contributed by atoms with Gasteiger partial charge < -0.3 is 19.3 Å². The van der Waals surface area contributed by atoms with Gasteiger partial charge in [0.05, 0.1) is 13.2 Å². The Labute approximate surface area is 218 Å². The number of morpholine rings is 1. The van der Waals surface area contributed by atoms with Crippen LogP contribution in [-0.4, -0.2) is 81.0 Å². The summed E-state index contributed by atoms with van der Waals surface area (Å²) >= 11 is 0. The van der Waals surface area contributed by atoms with E-state index < -0.39 is 18.0 Å². The lowest BCUT2D eigenvalue weighted by Crippen LogP contribution is -2.63. The minimum absolute atomic E-state index is 0.0116. The molecule has 2 unspecified atom stereocenters. The van der Waals surface area contributed by atoms with Crippen molar-refractivity contribution < 1.29 is 28.7 Å². The molecule has 4 amide bonds. The average Bonchev–Trinajstić information content (AvgIpc) is 3.20. The van der Waals surface area contributed by atoms with Crippen molar-refractivity contribution in [2.24, 2.45) is 0 Å². The van der Waals surface area contributed by atoms with Crippen molar-refractivity contribution in [2.75, 3.05) is 6.61 Å². The van der Waals surface area contributed by atoms with Gasteiger partial charge in [-0.3, -0.25) is 24.5 Å². The van der Waals surface area contributed by atoms with Gasteiger partial charge >= 0.3 is 0 Å². The van der Waals surface area contributed by atoms with Gasteiger partial charge in [0.25, 0.3) is 5.91 Å². The molecule has 2 aromatic carbocycles. The Kier molecular flexibility index (Phi) is 6.62. The highest BCUT2D eigenvalue weighted by Gasteiger charge is 2.40. The summed E-state index contributed by atoms with van der Waals surface area (Å²) in [6.07, 6.45) is 0.533. The van der Waals surface area contributed by atoms with Crippen LogP contribution in [0.25, 0.3) is 0 Å². The minimum Gasteiger partial charge on any atom is -0.489 e. The van der Waals surface area contributed by atoms with E-state index >= 15 is 0 Å². The number of fused-ring (bicyclic) bond motifs is 1. The van der Waals surface area contributed by atoms with Gasteiger partial charge in [0.2, 0.25) is 17.7 Å². The Bertz CT molecular complexity index is 1270. The standard InChI is InChI=1S/C25H28B3N3O6/c26-21-24(35)31(25(27,28)13-37-21)10-14-4-6-15(7-5-14)12-36-19-3-1-2-16-17(19)11-30(23(16)34)18-8-9-20(32)29-22(18)33/h1-7,18,21H,8-13,26-28H2,(H,29,32,33). The Hall–Kier alpha value is -3.53. The van der Waals surface area contributed by atoms with E-state index in [1.54, 1.807) is 20.0 Å². The maximum atomic E-state index is 13.0. The van der Waals surface area contributed by atoms with Gasteiger partial charge in [-0.25, -0.2) is 0 Å². The normalized spacial score (nSPS) is 23.1. The van der Waals surface area contributed by atoms with E-state index in [1.807, 2.05) is 50.9 Å². The summed E-state index contributed by atoms with van der Waals surface area (Å²) in [5, 5.41) is 1.95. The zero-order valence-corrected chi connectivity index (χ0v) is 21.3. The van der Waals surface area contributed by atoms with Crippen molar-refractivity contribution in [1.29, 1.82) is 0 Å². The number of imide groups is 1. The van der Waals surface area contributed by atoms with Crippen LogP contribution in [0.2, 0.25) is 0 Å². The molecular weight excluding hydrogens is 471 g/mol. The van der Waals surface area contributed by atoms with E-state index in [9.17, 15) is 19.2 Å². The molecule has 12 heteroatoms. The first kappa shape index (κ1) is 25.1. The van der Waals surface area contributed by atoms with Crippen LogP contribution in [0.1, 0.15) is 39.9 Å². The molecule has 0 saturated carbocycles. The second-order valence-electron chi connectivity index (χ2n) is 10.5. The summed E-state index contributed by atoms with van der Waals surface area (Å²) in [5.41, 5.74) is 3.24. The number of hydrogen-bond acceptors (Lipinski definition) is 6. The smallest absolute Gasteiger partial charge is 0.255 e. The number of carbonyl (C=O) groups excluding carboxylic acids is 4. The summed E-state index contributed by atoms with van der Waals surface area (Å²) in [6.45, 7) is 1.57. The zero-order valence-electron chi connectivity index (χ0n) is 21.3. The molecule has 1 N–H and O–H groups in total. The lowest BCUT2D eigenvalue weighted by atomic mass is 9.60. The molecule has 37 heavy (non-hydrogen) atoms. The quantitative estimate of drug-likeness (QED) is 0.375. The van der Waals surface area contributed by atoms with Crippen molar-refractivity contribution in [2.45, 2.75) is 49.9 Å². The Balaban J connectivity index is 1.24. The first-order valence-electron chi connectivity index (χ1n) is 12.5. The number of hydrogen-bond donors (Lipinski definition) is 1. The molecule has 0 aliphatic carbocycles. The fourth-order valence-corrected chi connectivity index (χ4v) is 5.06. The Morgan fingerprint density at radius 3 is 2.51 bits per heavy atom. The van der Waals surface area contributed by atoms with E-state index in [4.69, 9.17) is 9.47 Å². The lowest BCUT2D eigenvalue weighted by molar-refractivity contribution is -0.151. The number of rotatable bonds is 6. The molecule has 5 rings (SSSR count). The van der Waals surface area contributed by atoms with Gasteiger partial charge in [0, 0.05) is 29.4 Å². The van der Waals surface area contributed by atoms with Crippen molar-refractivity contribution in [3.8, 4) is 5.75 Å². The van der Waals surface area contributed by atoms with Crippen molar-refractivity contribution in [3.63, 3.8) is 0 Å². The summed E-state index contributed by atoms with van der Waals surface area (Å²) in [6, 6.07) is 12.2. The van der Waals surface area contributed by atoms with E-state index in [2.05, 4.69) is 5.32 Å². The van der Waals surface area contributed by atoms with Crippen LogP contribution in [0.3, 0.4) is 0 Å². The number of piperidine rings is 1. The third-order valence-corrected chi connectivity index (χ3v) is 7.33. The number of carbonyl (C=O) groups is 4. The predicted octanol–water partition coefficient (Wildman–Crippen LogP) is -1.74. The highest BCUT2D eigenvalue weighted by molar-refractivity contribution is 6.42. The molecule has 3 aliphatic heterocycles. The van der Waals surface area contributed by atoms with Crippen LogP contribution in [0, 0.1) is 0 Å². The van der Waals surface area contributed by atoms with Crippen molar-refractivity contribution in [1.82, 2.24) is 15.1 Å². The molecule has 3 aliphatic rings. The fourth-order valence-electron chi connectivity index (χ4n) is 5.06. The predicted molar refractivity (Wildman–Crippen MR) is 142 cm³/mol. The summed E-state index contributed by atoms with van der Waals surface area (Å²) in [5.74, 6) is -0.386. The topological polar surface area (TPSA) is 105 Å². The first-order valence-corrected chi connectivity index (χ1v) is 12.5. The molecule has 188 valence electrons. The van der Waals surface area contributed by atoms with Crippen LogP contribution in [0.5, 0.6) is 5.75 Å². The van der Waals surface area contributed by atoms with Gasteiger partial charge in [-0.2, -0.15) is 0 Å². The first-order chi connectivity index (χ1) is 17.6. The van der Waals surface area contributed by atoms with Crippen LogP contribution in [0.15, 0.2) is 42.5 Å². The van der Waals surface area contributed by atoms with Gasteiger partial charge in [0.1, 0.15) is 40.1 Å². The SMILES string of the molecule is BC1OCC(B)(B)N(Cc2ccc(COc3cccc4c3CN(C3CCC(=O)NC3=O)C4=O)cc2)C1=O. The van der Waals surface area contributed by atoms with Crippen molar-refractivity contribution >= 4 is 47.2 Å². The number of nitrogens with zero attached hydrogens (tertiary/aromatic N) is 2. The minimum atomic E-state index is -0.663. The maximum absolute atomic E-state index is 13.0. The number of benzene rings is 2. The third kappa shape index (κ3) is 4.90. The molecule has 0 spiro atoms. The number of ether oxygens (including phenoxy) is 2. The third-order valence-electron chi connectivity index (χ3n) is 7.33. The molecule has 2 atom stereocenters. The van der Waals surface area contributed by atoms with Crippen LogP contribution < -0.4 is 10.1 Å². The largest absolute Gasteiger partial charge is 0.489 e. The summed E-state index contributed by atoms with van der Waals surface area (Å²) < 4.78 is 11.7. The van der Waals surface area contributed by atoms with E-state index in [1.165, 1.54) is 4.90 Å². The average molecular weight is 499 g/mol. The monoisotopic (exact) mass is 499 g/mol. The van der Waals surface area contributed by atoms with Gasteiger partial charge in [0.15, 0.2) is 7.85 Å². The van der Waals surface area contributed by atoms with Crippen LogP contribution >= 0.6 is 0 Å². The van der Waals surface area contributed by atoms with E-state index in [-0.39, 0.29) is 36.0 Å². The summed E-state index contributed by atoms with van der Waals surface area (Å²) in [7, 11) is 5.79. The summed E-state index contributed by atoms with van der Waals surface area (Å²) in [4.78, 5) is 52.9. The fraction of sp³-hybridized carbons (Fsp3) is 0.360. The Morgan fingerprint density at radius 1 is 1.05 bits per heavy atom. The molecular formula is C25H28B3N3O6. The van der Waals surface area contributed by atoms with Gasteiger partial charge in [-0.15, -0.1) is 0 Å². The molecule has 3 heterocycles. The lowest BCUT2D eigenvalue weighted by Gasteiger charge is -2.45. The molecule has 2 saturated heterocycles. The molecule has 0 bridgehead atoms. The molecule has 2 fully saturated rings. The highest BCUT2D eigenvalue weighted by Crippen LogP contribution is 2.34. The molecule has 0 radical (unpaired) electrons. The van der Waals surface area contributed by atoms with Gasteiger partial charge in [-0.05, 0) is 29.7 Å². The van der Waals surface area contributed by atoms with Crippen LogP contribution in [-0.2, 0) is 38.8 Å². The number of nitrogens with one attached hydrogen (secondary N) is 1. The number of amides is 4. The Morgan fingerprint density at radius 2 is 1.78 bits per heavy atom. The second-order valence-corrected chi connectivity index (χ2v) is 10.5. The molecule has 2 aromatic rings.